The zero-order valence-electron chi connectivity index (χ0n) is 16.5. The Balaban J connectivity index is 1.62. The van der Waals surface area contributed by atoms with E-state index in [1.54, 1.807) is 6.07 Å². The van der Waals surface area contributed by atoms with Crippen LogP contribution in [0.15, 0.2) is 40.1 Å². The lowest BCUT2D eigenvalue weighted by molar-refractivity contribution is -0.135. The predicted molar refractivity (Wildman–Crippen MR) is 108 cm³/mol. The molecule has 3 aromatic rings. The molecule has 0 aliphatic carbocycles. The zero-order chi connectivity index (χ0) is 21.5. The summed E-state index contributed by atoms with van der Waals surface area (Å²) in [4.78, 5) is 27.2. The van der Waals surface area contributed by atoms with Crippen LogP contribution in [-0.2, 0) is 16.1 Å². The van der Waals surface area contributed by atoms with Crippen molar-refractivity contribution in [2.75, 3.05) is 20.3 Å². The molecular formula is C20H21N3O6S. The van der Waals surface area contributed by atoms with Crippen molar-refractivity contribution in [1.82, 2.24) is 15.1 Å². The van der Waals surface area contributed by atoms with Crippen molar-refractivity contribution in [2.45, 2.75) is 19.9 Å². The number of carbonyl (C=O) groups is 2. The van der Waals surface area contributed by atoms with Crippen LogP contribution in [0, 0.1) is 0 Å². The predicted octanol–water partition coefficient (Wildman–Crippen LogP) is 3.11. The summed E-state index contributed by atoms with van der Waals surface area (Å²) in [6.45, 7) is 1.97. The summed E-state index contributed by atoms with van der Waals surface area (Å²) in [6, 6.07) is 8.19. The van der Waals surface area contributed by atoms with Crippen LogP contribution in [0.5, 0.6) is 11.5 Å². The number of ether oxygens (including phenoxy) is 2. The highest BCUT2D eigenvalue weighted by Crippen LogP contribution is 2.29. The van der Waals surface area contributed by atoms with Gasteiger partial charge in [-0.2, -0.15) is 0 Å². The summed E-state index contributed by atoms with van der Waals surface area (Å²) >= 11 is 1.47. The maximum Gasteiger partial charge on any atom is 0.342 e. The number of rotatable bonds is 9. The standard InChI is InChI=1S/C20H21N3O6S/c1-3-9-23(11-16-21-22-19(29-16)15-8-5-10-30-15)17(24)12-28-20(26)13-6-4-7-14(27-2)18(13)25/h4-8,10,25H,3,9,11-12H2,1-2H3. The van der Waals surface area contributed by atoms with E-state index >= 15 is 0 Å². The molecule has 2 aromatic heterocycles. The van der Waals surface area contributed by atoms with Crippen LogP contribution in [0.1, 0.15) is 29.6 Å². The van der Waals surface area contributed by atoms with Crippen LogP contribution in [0.4, 0.5) is 0 Å². The second-order valence-electron chi connectivity index (χ2n) is 6.23. The van der Waals surface area contributed by atoms with Crippen molar-refractivity contribution in [3.63, 3.8) is 0 Å². The third-order valence-corrected chi connectivity index (χ3v) is 4.99. The van der Waals surface area contributed by atoms with Gasteiger partial charge >= 0.3 is 5.97 Å². The number of phenolic OH excluding ortho intramolecular Hbond substituents is 1. The Morgan fingerprint density at radius 3 is 2.77 bits per heavy atom. The van der Waals surface area contributed by atoms with E-state index in [9.17, 15) is 14.7 Å². The molecule has 10 heteroatoms. The minimum absolute atomic E-state index is 0.0818. The molecule has 30 heavy (non-hydrogen) atoms. The molecule has 0 spiro atoms. The van der Waals surface area contributed by atoms with Crippen molar-refractivity contribution in [1.29, 1.82) is 0 Å². The largest absolute Gasteiger partial charge is 0.504 e. The van der Waals surface area contributed by atoms with Gasteiger partial charge in [-0.05, 0) is 30.0 Å². The lowest BCUT2D eigenvalue weighted by Crippen LogP contribution is -2.35. The third kappa shape index (κ3) is 4.95. The van der Waals surface area contributed by atoms with E-state index < -0.39 is 18.5 Å². The quantitative estimate of drug-likeness (QED) is 0.514. The van der Waals surface area contributed by atoms with Gasteiger partial charge in [-0.1, -0.05) is 19.1 Å². The van der Waals surface area contributed by atoms with Crippen molar-refractivity contribution in [3.05, 3.63) is 47.2 Å². The maximum atomic E-state index is 12.6. The van der Waals surface area contributed by atoms with E-state index in [2.05, 4.69) is 10.2 Å². The third-order valence-electron chi connectivity index (χ3n) is 4.14. The summed E-state index contributed by atoms with van der Waals surface area (Å²) in [7, 11) is 1.37. The number of benzene rings is 1. The number of methoxy groups -OCH3 is 1. The van der Waals surface area contributed by atoms with E-state index in [1.165, 1.54) is 35.5 Å². The Labute approximate surface area is 176 Å². The van der Waals surface area contributed by atoms with Gasteiger partial charge in [0.05, 0.1) is 18.5 Å². The fraction of sp³-hybridized carbons (Fsp3) is 0.300. The topological polar surface area (TPSA) is 115 Å². The number of thiophene rings is 1. The van der Waals surface area contributed by atoms with Crippen LogP contribution in [-0.4, -0.2) is 52.3 Å². The molecule has 0 saturated heterocycles. The molecule has 0 aliphatic rings. The van der Waals surface area contributed by atoms with Gasteiger partial charge in [-0.15, -0.1) is 21.5 Å². The maximum absolute atomic E-state index is 12.6. The van der Waals surface area contributed by atoms with Gasteiger partial charge in [0.15, 0.2) is 18.1 Å². The average Bonchev–Trinajstić information content (AvgIpc) is 3.43. The number of carbonyl (C=O) groups excluding carboxylic acids is 2. The number of para-hydroxylation sites is 1. The molecule has 158 valence electrons. The summed E-state index contributed by atoms with van der Waals surface area (Å²) in [5, 5.41) is 19.9. The monoisotopic (exact) mass is 431 g/mol. The second kappa shape index (κ2) is 9.88. The van der Waals surface area contributed by atoms with Gasteiger partial charge < -0.3 is 23.9 Å². The molecule has 1 amide bonds. The van der Waals surface area contributed by atoms with Gasteiger partial charge in [0.2, 0.25) is 5.89 Å². The molecular weight excluding hydrogens is 410 g/mol. The molecule has 0 saturated carbocycles. The highest BCUT2D eigenvalue weighted by molar-refractivity contribution is 7.13. The van der Waals surface area contributed by atoms with Gasteiger partial charge in [0, 0.05) is 6.54 Å². The number of hydrogen-bond donors (Lipinski definition) is 1. The first-order chi connectivity index (χ1) is 14.5. The smallest absolute Gasteiger partial charge is 0.342 e. The summed E-state index contributed by atoms with van der Waals surface area (Å²) in [6.07, 6.45) is 0.697. The van der Waals surface area contributed by atoms with E-state index in [1.807, 2.05) is 24.4 Å². The first-order valence-electron chi connectivity index (χ1n) is 9.20. The summed E-state index contributed by atoms with van der Waals surface area (Å²) in [5.41, 5.74) is -0.0818. The molecule has 0 bridgehead atoms. The van der Waals surface area contributed by atoms with Crippen LogP contribution < -0.4 is 4.74 Å². The average molecular weight is 431 g/mol. The van der Waals surface area contributed by atoms with Gasteiger partial charge in [-0.3, -0.25) is 4.79 Å². The summed E-state index contributed by atoms with van der Waals surface area (Å²) < 4.78 is 15.7. The van der Waals surface area contributed by atoms with Crippen LogP contribution >= 0.6 is 11.3 Å². The van der Waals surface area contributed by atoms with Crippen molar-refractivity contribution < 1.29 is 28.6 Å². The molecule has 2 heterocycles. The Bertz CT molecular complexity index is 1000. The molecule has 3 rings (SSSR count). The SMILES string of the molecule is CCCN(Cc1nnc(-c2cccs2)o1)C(=O)COC(=O)c1cccc(OC)c1O. The Morgan fingerprint density at radius 1 is 1.23 bits per heavy atom. The molecule has 0 unspecified atom stereocenters. The molecule has 1 N–H and O–H groups in total. The molecule has 9 nitrogen and oxygen atoms in total. The molecule has 0 atom stereocenters. The number of nitrogens with zero attached hydrogens (tertiary/aromatic N) is 3. The fourth-order valence-corrected chi connectivity index (χ4v) is 3.33. The number of phenols is 1. The van der Waals surface area contributed by atoms with E-state index in [0.29, 0.717) is 18.9 Å². The number of amides is 1. The molecule has 0 radical (unpaired) electrons. The minimum atomic E-state index is -0.825. The molecule has 0 aliphatic heterocycles. The highest BCUT2D eigenvalue weighted by Gasteiger charge is 2.21. The van der Waals surface area contributed by atoms with Crippen LogP contribution in [0.2, 0.25) is 0 Å². The number of aromatic nitrogens is 2. The zero-order valence-corrected chi connectivity index (χ0v) is 17.3. The van der Waals surface area contributed by atoms with Crippen molar-refractivity contribution in [3.8, 4) is 22.3 Å². The van der Waals surface area contributed by atoms with E-state index in [-0.39, 0.29) is 29.5 Å². The fourth-order valence-electron chi connectivity index (χ4n) is 2.69. The molecule has 0 fully saturated rings. The minimum Gasteiger partial charge on any atom is -0.504 e. The van der Waals surface area contributed by atoms with Crippen molar-refractivity contribution in [2.24, 2.45) is 0 Å². The molecule has 1 aromatic carbocycles. The van der Waals surface area contributed by atoms with Crippen molar-refractivity contribution >= 4 is 23.2 Å². The Kier molecular flexibility index (Phi) is 7.02. The second-order valence-corrected chi connectivity index (χ2v) is 7.17. The van der Waals surface area contributed by atoms with E-state index in [0.717, 1.165) is 4.88 Å². The first kappa shape index (κ1) is 21.3. The highest BCUT2D eigenvalue weighted by atomic mass is 32.1. The Hall–Kier alpha value is -3.40. The lowest BCUT2D eigenvalue weighted by atomic mass is 10.2. The number of aromatic hydroxyl groups is 1. The van der Waals surface area contributed by atoms with Gasteiger partial charge in [0.25, 0.3) is 11.8 Å². The van der Waals surface area contributed by atoms with Gasteiger partial charge in [-0.25, -0.2) is 4.79 Å². The van der Waals surface area contributed by atoms with Crippen LogP contribution in [0.3, 0.4) is 0 Å². The number of esters is 1. The first-order valence-corrected chi connectivity index (χ1v) is 10.1. The number of hydrogen-bond acceptors (Lipinski definition) is 9. The lowest BCUT2D eigenvalue weighted by Gasteiger charge is -2.20. The Morgan fingerprint density at radius 2 is 2.07 bits per heavy atom. The van der Waals surface area contributed by atoms with E-state index in [4.69, 9.17) is 13.9 Å². The normalized spacial score (nSPS) is 10.6. The summed E-state index contributed by atoms with van der Waals surface area (Å²) in [5.74, 6) is -0.755. The van der Waals surface area contributed by atoms with Gasteiger partial charge in [0.1, 0.15) is 5.56 Å². The van der Waals surface area contributed by atoms with Crippen LogP contribution in [0.25, 0.3) is 10.8 Å².